The topological polar surface area (TPSA) is 88.2 Å². The van der Waals surface area contributed by atoms with Gasteiger partial charge in [-0.05, 0) is 36.5 Å². The Labute approximate surface area is 169 Å². The van der Waals surface area contributed by atoms with Gasteiger partial charge in [0.05, 0.1) is 13.0 Å². The molecule has 1 atom stereocenters. The van der Waals surface area contributed by atoms with Crippen LogP contribution in [0.3, 0.4) is 0 Å². The fraction of sp³-hybridized carbons (Fsp3) is 0.864. The van der Waals surface area contributed by atoms with Crippen molar-refractivity contribution >= 4 is 5.97 Å². The van der Waals surface area contributed by atoms with Gasteiger partial charge in [0, 0.05) is 12.0 Å². The highest BCUT2D eigenvalue weighted by Crippen LogP contribution is 2.53. The first-order valence-corrected chi connectivity index (χ1v) is 10.9. The van der Waals surface area contributed by atoms with E-state index in [9.17, 15) is 9.90 Å². The minimum Gasteiger partial charge on any atom is -0.481 e. The minimum absolute atomic E-state index is 0.0434. The maximum Gasteiger partial charge on any atom is 0.304 e. The third-order valence-electron chi connectivity index (χ3n) is 6.53. The highest BCUT2D eigenvalue weighted by molar-refractivity contribution is 5.67. The molecule has 1 aromatic rings. The molecule has 6 nitrogen and oxygen atoms in total. The van der Waals surface area contributed by atoms with E-state index in [1.54, 1.807) is 0 Å². The van der Waals surface area contributed by atoms with Gasteiger partial charge in [-0.25, -0.2) is 0 Å². The monoisotopic (exact) mass is 393 g/mol. The van der Waals surface area contributed by atoms with E-state index in [4.69, 9.17) is 4.52 Å². The lowest BCUT2D eigenvalue weighted by atomic mass is 9.57. The highest BCUT2D eigenvalue weighted by atomic mass is 16.5. The van der Waals surface area contributed by atoms with Gasteiger partial charge in [-0.1, -0.05) is 65.5 Å². The zero-order valence-corrected chi connectivity index (χ0v) is 18.4. The van der Waals surface area contributed by atoms with Crippen molar-refractivity contribution in [2.45, 2.75) is 111 Å². The lowest BCUT2D eigenvalue weighted by Gasteiger charge is -2.48. The van der Waals surface area contributed by atoms with Crippen LogP contribution >= 0.6 is 0 Å². The first-order valence-electron chi connectivity index (χ1n) is 10.9. The zero-order chi connectivity index (χ0) is 20.8. The Balaban J connectivity index is 2.01. The van der Waals surface area contributed by atoms with E-state index in [0.29, 0.717) is 29.7 Å². The van der Waals surface area contributed by atoms with Crippen LogP contribution in [0.1, 0.15) is 110 Å². The standard InChI is InChI=1S/C22H39N3O3/c1-16(2)23-15-18-24-20(28-25-18)17(14-19(26)27)10-9-13-22(21(3,4)5)11-7-6-8-12-22/h16-17,23H,6-15H2,1-5H3,(H,26,27)/t17-/m1/s1. The average molecular weight is 394 g/mol. The number of carbonyl (C=O) groups is 1. The Hall–Kier alpha value is -1.43. The molecule has 1 heterocycles. The van der Waals surface area contributed by atoms with Crippen LogP contribution in [0.2, 0.25) is 0 Å². The highest BCUT2D eigenvalue weighted by Gasteiger charge is 2.41. The third-order valence-corrected chi connectivity index (χ3v) is 6.53. The summed E-state index contributed by atoms with van der Waals surface area (Å²) in [6.07, 6.45) is 9.49. The van der Waals surface area contributed by atoms with Crippen molar-refractivity contribution in [3.05, 3.63) is 11.7 Å². The maximum absolute atomic E-state index is 11.4. The molecule has 6 heteroatoms. The Bertz CT molecular complexity index is 613. The lowest BCUT2D eigenvalue weighted by molar-refractivity contribution is -0.137. The molecule has 0 radical (unpaired) electrons. The summed E-state index contributed by atoms with van der Waals surface area (Å²) in [5.74, 6) is 0.0422. The van der Waals surface area contributed by atoms with Crippen molar-refractivity contribution < 1.29 is 14.4 Å². The Morgan fingerprint density at radius 3 is 2.50 bits per heavy atom. The summed E-state index contributed by atoms with van der Waals surface area (Å²) in [5.41, 5.74) is 0.635. The van der Waals surface area contributed by atoms with E-state index < -0.39 is 5.97 Å². The zero-order valence-electron chi connectivity index (χ0n) is 18.4. The molecular formula is C22H39N3O3. The SMILES string of the molecule is CC(C)NCc1noc([C@H](CCCC2(C(C)(C)C)CCCCC2)CC(=O)O)n1. The lowest BCUT2D eigenvalue weighted by Crippen LogP contribution is -2.37. The molecule has 0 aliphatic heterocycles. The minimum atomic E-state index is -0.812. The number of carboxylic acids is 1. The van der Waals surface area contributed by atoms with Gasteiger partial charge in [-0.2, -0.15) is 4.98 Å². The number of nitrogens with one attached hydrogen (secondary N) is 1. The molecular weight excluding hydrogens is 354 g/mol. The average Bonchev–Trinajstić information content (AvgIpc) is 3.07. The Morgan fingerprint density at radius 1 is 1.25 bits per heavy atom. The van der Waals surface area contributed by atoms with E-state index in [-0.39, 0.29) is 17.8 Å². The van der Waals surface area contributed by atoms with Crippen LogP contribution in [0.5, 0.6) is 0 Å². The second-order valence-corrected chi connectivity index (χ2v) is 9.86. The third kappa shape index (κ3) is 6.29. The maximum atomic E-state index is 11.4. The van der Waals surface area contributed by atoms with Crippen LogP contribution in [0.25, 0.3) is 0 Å². The molecule has 1 aliphatic rings. The van der Waals surface area contributed by atoms with Crippen molar-refractivity contribution in [2.24, 2.45) is 10.8 Å². The number of hydrogen-bond acceptors (Lipinski definition) is 5. The van der Waals surface area contributed by atoms with Crippen LogP contribution in [-0.2, 0) is 11.3 Å². The van der Waals surface area contributed by atoms with Gasteiger partial charge in [0.15, 0.2) is 5.82 Å². The van der Waals surface area contributed by atoms with Crippen molar-refractivity contribution in [1.29, 1.82) is 0 Å². The summed E-state index contributed by atoms with van der Waals surface area (Å²) < 4.78 is 5.43. The second-order valence-electron chi connectivity index (χ2n) is 9.86. The fourth-order valence-electron chi connectivity index (χ4n) is 4.61. The largest absolute Gasteiger partial charge is 0.481 e. The van der Waals surface area contributed by atoms with Gasteiger partial charge in [0.2, 0.25) is 5.89 Å². The summed E-state index contributed by atoms with van der Waals surface area (Å²) in [6, 6.07) is 0.334. The van der Waals surface area contributed by atoms with Crippen LogP contribution in [0.4, 0.5) is 0 Å². The van der Waals surface area contributed by atoms with E-state index >= 15 is 0 Å². The predicted octanol–water partition coefficient (Wildman–Crippen LogP) is 5.29. The molecule has 1 saturated carbocycles. The number of rotatable bonds is 10. The van der Waals surface area contributed by atoms with Crippen LogP contribution in [0, 0.1) is 10.8 Å². The van der Waals surface area contributed by atoms with Gasteiger partial charge in [-0.15, -0.1) is 0 Å². The van der Waals surface area contributed by atoms with E-state index in [1.807, 2.05) is 0 Å². The second kappa shape index (κ2) is 9.86. The Kier molecular flexibility index (Phi) is 8.05. The van der Waals surface area contributed by atoms with E-state index in [1.165, 1.54) is 32.1 Å². The van der Waals surface area contributed by atoms with E-state index in [0.717, 1.165) is 19.3 Å². The summed E-state index contributed by atoms with van der Waals surface area (Å²) in [5, 5.41) is 16.6. The fourth-order valence-corrected chi connectivity index (χ4v) is 4.61. The summed E-state index contributed by atoms with van der Waals surface area (Å²) in [4.78, 5) is 15.9. The molecule has 28 heavy (non-hydrogen) atoms. The predicted molar refractivity (Wildman–Crippen MR) is 110 cm³/mol. The molecule has 1 fully saturated rings. The number of hydrogen-bond donors (Lipinski definition) is 2. The molecule has 0 spiro atoms. The molecule has 1 aliphatic carbocycles. The first-order chi connectivity index (χ1) is 13.1. The Morgan fingerprint density at radius 2 is 1.93 bits per heavy atom. The number of carboxylic acid groups (broad SMARTS) is 1. The van der Waals surface area contributed by atoms with Gasteiger partial charge in [0.1, 0.15) is 0 Å². The van der Waals surface area contributed by atoms with Gasteiger partial charge >= 0.3 is 5.97 Å². The summed E-state index contributed by atoms with van der Waals surface area (Å²) in [6.45, 7) is 11.7. The molecule has 0 unspecified atom stereocenters. The van der Waals surface area contributed by atoms with Crippen molar-refractivity contribution in [3.8, 4) is 0 Å². The van der Waals surface area contributed by atoms with Crippen molar-refractivity contribution in [2.75, 3.05) is 0 Å². The molecule has 0 saturated heterocycles. The van der Waals surface area contributed by atoms with Gasteiger partial charge in [0.25, 0.3) is 0 Å². The number of nitrogens with zero attached hydrogens (tertiary/aromatic N) is 2. The van der Waals surface area contributed by atoms with Crippen molar-refractivity contribution in [1.82, 2.24) is 15.5 Å². The normalized spacial score (nSPS) is 18.4. The quantitative estimate of drug-likeness (QED) is 0.561. The van der Waals surface area contributed by atoms with E-state index in [2.05, 4.69) is 50.1 Å². The van der Waals surface area contributed by atoms with Crippen molar-refractivity contribution in [3.63, 3.8) is 0 Å². The van der Waals surface area contributed by atoms with Gasteiger partial charge in [-0.3, -0.25) is 4.79 Å². The summed E-state index contributed by atoms with van der Waals surface area (Å²) >= 11 is 0. The first kappa shape index (κ1) is 22.9. The van der Waals surface area contributed by atoms with Crippen LogP contribution < -0.4 is 5.32 Å². The van der Waals surface area contributed by atoms with Crippen LogP contribution in [0.15, 0.2) is 4.52 Å². The summed E-state index contributed by atoms with van der Waals surface area (Å²) in [7, 11) is 0. The molecule has 2 N–H and O–H groups in total. The molecule has 1 aromatic heterocycles. The molecule has 0 aromatic carbocycles. The van der Waals surface area contributed by atoms with Crippen LogP contribution in [-0.4, -0.2) is 27.3 Å². The molecule has 0 amide bonds. The number of aromatic nitrogens is 2. The smallest absolute Gasteiger partial charge is 0.304 e. The molecule has 0 bridgehead atoms. The molecule has 160 valence electrons. The van der Waals surface area contributed by atoms with Gasteiger partial charge < -0.3 is 14.9 Å². The molecule has 2 rings (SSSR count). The number of aliphatic carboxylic acids is 1.